The Morgan fingerprint density at radius 3 is 2.55 bits per heavy atom. The molecule has 1 aromatic heterocycles. The summed E-state index contributed by atoms with van der Waals surface area (Å²) in [6, 6.07) is 5.00. The van der Waals surface area contributed by atoms with Crippen LogP contribution in [0.25, 0.3) is 0 Å². The maximum absolute atomic E-state index is 11.8. The molecule has 7 nitrogen and oxygen atoms in total. The van der Waals surface area contributed by atoms with E-state index in [0.717, 1.165) is 0 Å². The van der Waals surface area contributed by atoms with Gasteiger partial charge in [-0.25, -0.2) is 17.8 Å². The SMILES string of the molecule is O=S(=O)(CCn1cnnn1)NCc1c(Cl)cccc1Cl. The van der Waals surface area contributed by atoms with E-state index >= 15 is 0 Å². The van der Waals surface area contributed by atoms with Crippen molar-refractivity contribution in [2.75, 3.05) is 5.75 Å². The fraction of sp³-hybridized carbons (Fsp3) is 0.300. The second kappa shape index (κ2) is 6.49. The highest BCUT2D eigenvalue weighted by Crippen LogP contribution is 2.23. The van der Waals surface area contributed by atoms with Crippen LogP contribution in [0.3, 0.4) is 0 Å². The number of rotatable bonds is 6. The summed E-state index contributed by atoms with van der Waals surface area (Å²) in [6.45, 7) is 0.203. The van der Waals surface area contributed by atoms with Gasteiger partial charge < -0.3 is 0 Å². The van der Waals surface area contributed by atoms with Crippen molar-refractivity contribution in [2.45, 2.75) is 13.1 Å². The van der Waals surface area contributed by atoms with Crippen LogP contribution >= 0.6 is 23.2 Å². The molecule has 1 aromatic carbocycles. The predicted octanol–water partition coefficient (Wildman–Crippen LogP) is 1.10. The summed E-state index contributed by atoms with van der Waals surface area (Å²) in [5.41, 5.74) is 0.543. The quantitative estimate of drug-likeness (QED) is 0.853. The standard InChI is InChI=1S/C10H11Cl2N5O2S/c11-9-2-1-3-10(12)8(9)6-14-20(18,19)5-4-17-7-13-15-16-17/h1-3,7,14H,4-6H2. The molecule has 0 fully saturated rings. The van der Waals surface area contributed by atoms with Crippen molar-refractivity contribution in [3.63, 3.8) is 0 Å². The smallest absolute Gasteiger partial charge is 0.213 e. The first kappa shape index (κ1) is 15.2. The molecule has 0 saturated heterocycles. The minimum absolute atomic E-state index is 0.0381. The highest BCUT2D eigenvalue weighted by atomic mass is 35.5. The first-order valence-electron chi connectivity index (χ1n) is 5.59. The van der Waals surface area contributed by atoms with Gasteiger partial charge in [0.15, 0.2) is 0 Å². The number of halogens is 2. The third-order valence-electron chi connectivity index (χ3n) is 2.51. The zero-order valence-corrected chi connectivity index (χ0v) is 12.5. The Bertz CT molecular complexity index is 655. The van der Waals surface area contributed by atoms with Gasteiger partial charge >= 0.3 is 0 Å². The van der Waals surface area contributed by atoms with Crippen molar-refractivity contribution >= 4 is 33.2 Å². The van der Waals surface area contributed by atoms with Gasteiger partial charge in [-0.2, -0.15) is 0 Å². The maximum Gasteiger partial charge on any atom is 0.213 e. The van der Waals surface area contributed by atoms with Gasteiger partial charge in [-0.3, -0.25) is 0 Å². The molecule has 0 saturated carbocycles. The number of aromatic nitrogens is 4. The Balaban J connectivity index is 1.95. The highest BCUT2D eigenvalue weighted by molar-refractivity contribution is 7.89. The number of sulfonamides is 1. The molecular formula is C10H11Cl2N5O2S. The van der Waals surface area contributed by atoms with Gasteiger partial charge in [0.1, 0.15) is 6.33 Å². The molecule has 0 bridgehead atoms. The molecule has 0 aliphatic rings. The zero-order chi connectivity index (χ0) is 14.6. The number of benzene rings is 1. The van der Waals surface area contributed by atoms with Gasteiger partial charge in [0.25, 0.3) is 0 Å². The third-order valence-corrected chi connectivity index (χ3v) is 4.52. The number of tetrazole rings is 1. The molecule has 0 amide bonds. The van der Waals surface area contributed by atoms with E-state index in [9.17, 15) is 8.42 Å². The lowest BCUT2D eigenvalue weighted by Gasteiger charge is -2.09. The zero-order valence-electron chi connectivity index (χ0n) is 10.2. The Labute approximate surface area is 125 Å². The molecule has 20 heavy (non-hydrogen) atoms. The molecule has 0 unspecified atom stereocenters. The minimum Gasteiger partial charge on any atom is -0.231 e. The summed E-state index contributed by atoms with van der Waals surface area (Å²) in [4.78, 5) is 0. The molecule has 2 aromatic rings. The predicted molar refractivity (Wildman–Crippen MR) is 74.9 cm³/mol. The van der Waals surface area contributed by atoms with Gasteiger partial charge in [0.2, 0.25) is 10.0 Å². The average Bonchev–Trinajstić information content (AvgIpc) is 2.89. The van der Waals surface area contributed by atoms with Crippen molar-refractivity contribution in [3.05, 3.63) is 40.1 Å². The van der Waals surface area contributed by atoms with E-state index in [0.29, 0.717) is 15.6 Å². The maximum atomic E-state index is 11.8. The van der Waals surface area contributed by atoms with Gasteiger partial charge in [0.05, 0.1) is 12.3 Å². The lowest BCUT2D eigenvalue weighted by atomic mass is 10.2. The monoisotopic (exact) mass is 335 g/mol. The number of hydrogen-bond acceptors (Lipinski definition) is 5. The molecule has 10 heteroatoms. The summed E-state index contributed by atoms with van der Waals surface area (Å²) >= 11 is 11.9. The molecule has 2 rings (SSSR count). The number of nitrogens with zero attached hydrogens (tertiary/aromatic N) is 4. The number of hydrogen-bond donors (Lipinski definition) is 1. The van der Waals surface area contributed by atoms with E-state index in [1.807, 2.05) is 0 Å². The van der Waals surface area contributed by atoms with Crippen molar-refractivity contribution in [1.82, 2.24) is 24.9 Å². The van der Waals surface area contributed by atoms with Crippen molar-refractivity contribution in [3.8, 4) is 0 Å². The lowest BCUT2D eigenvalue weighted by molar-refractivity contribution is 0.562. The number of nitrogens with one attached hydrogen (secondary N) is 1. The fourth-order valence-electron chi connectivity index (χ4n) is 1.45. The largest absolute Gasteiger partial charge is 0.231 e. The molecule has 1 heterocycles. The number of aryl methyl sites for hydroxylation is 1. The molecule has 0 atom stereocenters. The van der Waals surface area contributed by atoms with Crippen molar-refractivity contribution in [1.29, 1.82) is 0 Å². The van der Waals surface area contributed by atoms with Crippen LogP contribution in [0.1, 0.15) is 5.56 Å². The van der Waals surface area contributed by atoms with Crippen LogP contribution in [-0.4, -0.2) is 34.4 Å². The molecule has 0 aliphatic carbocycles. The van der Waals surface area contributed by atoms with E-state index in [-0.39, 0.29) is 18.8 Å². The Morgan fingerprint density at radius 1 is 1.25 bits per heavy atom. The Hall–Kier alpha value is -1.22. The van der Waals surface area contributed by atoms with Gasteiger partial charge in [-0.15, -0.1) is 5.10 Å². The van der Waals surface area contributed by atoms with Crippen LogP contribution in [0.4, 0.5) is 0 Å². The fourth-order valence-corrected chi connectivity index (χ4v) is 2.92. The molecule has 1 N–H and O–H groups in total. The molecule has 108 valence electrons. The third kappa shape index (κ3) is 4.14. The summed E-state index contributed by atoms with van der Waals surface area (Å²) in [5, 5.41) is 11.3. The van der Waals surface area contributed by atoms with E-state index < -0.39 is 10.0 Å². The summed E-state index contributed by atoms with van der Waals surface area (Å²) in [7, 11) is -3.47. The minimum atomic E-state index is -3.47. The highest BCUT2D eigenvalue weighted by Gasteiger charge is 2.13. The molecule has 0 spiro atoms. The van der Waals surface area contributed by atoms with Gasteiger partial charge in [0, 0.05) is 22.2 Å². The van der Waals surface area contributed by atoms with E-state index in [2.05, 4.69) is 20.2 Å². The molecular weight excluding hydrogens is 325 g/mol. The molecule has 0 aliphatic heterocycles. The normalized spacial score (nSPS) is 11.7. The van der Waals surface area contributed by atoms with Crippen molar-refractivity contribution < 1.29 is 8.42 Å². The topological polar surface area (TPSA) is 89.8 Å². The molecule has 0 radical (unpaired) electrons. The van der Waals surface area contributed by atoms with Crippen molar-refractivity contribution in [2.24, 2.45) is 0 Å². The van der Waals surface area contributed by atoms with Crippen LogP contribution in [-0.2, 0) is 23.1 Å². The first-order valence-corrected chi connectivity index (χ1v) is 8.00. The van der Waals surface area contributed by atoms with E-state index in [4.69, 9.17) is 23.2 Å². The van der Waals surface area contributed by atoms with Crippen LogP contribution in [0.15, 0.2) is 24.5 Å². The van der Waals surface area contributed by atoms with E-state index in [1.54, 1.807) is 18.2 Å². The second-order valence-electron chi connectivity index (χ2n) is 3.91. The first-order chi connectivity index (χ1) is 9.48. The van der Waals surface area contributed by atoms with Crippen LogP contribution < -0.4 is 4.72 Å². The van der Waals surface area contributed by atoms with Gasteiger partial charge in [-0.05, 0) is 22.6 Å². The lowest BCUT2D eigenvalue weighted by Crippen LogP contribution is -2.28. The Kier molecular flexibility index (Phi) is 4.92. The Morgan fingerprint density at radius 2 is 1.95 bits per heavy atom. The van der Waals surface area contributed by atoms with Crippen LogP contribution in [0, 0.1) is 0 Å². The summed E-state index contributed by atoms with van der Waals surface area (Å²) in [6.07, 6.45) is 1.35. The van der Waals surface area contributed by atoms with Crippen LogP contribution in [0.2, 0.25) is 10.0 Å². The summed E-state index contributed by atoms with van der Waals surface area (Å²) < 4.78 is 27.5. The van der Waals surface area contributed by atoms with Crippen LogP contribution in [0.5, 0.6) is 0 Å². The van der Waals surface area contributed by atoms with Gasteiger partial charge in [-0.1, -0.05) is 29.3 Å². The average molecular weight is 336 g/mol. The second-order valence-corrected chi connectivity index (χ2v) is 6.65. The van der Waals surface area contributed by atoms with E-state index in [1.165, 1.54) is 11.0 Å². The summed E-state index contributed by atoms with van der Waals surface area (Å²) in [5.74, 6) is -0.139.